The van der Waals surface area contributed by atoms with Crippen molar-refractivity contribution in [2.45, 2.75) is 31.7 Å². The first-order chi connectivity index (χ1) is 8.58. The molecule has 0 saturated heterocycles. The molecule has 0 unspecified atom stereocenters. The number of nitrogen functional groups attached to an aromatic ring is 1. The van der Waals surface area contributed by atoms with Crippen LogP contribution in [0.3, 0.4) is 0 Å². The maximum absolute atomic E-state index is 5.86. The van der Waals surface area contributed by atoms with E-state index in [1.54, 1.807) is 0 Å². The third kappa shape index (κ3) is 1.80. The normalized spacial score (nSPS) is 17.4. The molecule has 1 fully saturated rings. The molecular weight excluding hydrogens is 294 g/mol. The molecule has 1 aliphatic rings. The molecule has 94 valence electrons. The number of anilines is 1. The molecule has 5 nitrogen and oxygen atoms in total. The van der Waals surface area contributed by atoms with Crippen molar-refractivity contribution in [1.82, 2.24) is 20.2 Å². The molecule has 1 aliphatic carbocycles. The first-order valence-electron chi connectivity index (χ1n) is 5.94. The van der Waals surface area contributed by atoms with Crippen LogP contribution < -0.4 is 5.73 Å². The van der Waals surface area contributed by atoms with E-state index in [-0.39, 0.29) is 5.54 Å². The highest BCUT2D eigenvalue weighted by Gasteiger charge is 2.37. The van der Waals surface area contributed by atoms with Crippen molar-refractivity contribution in [3.05, 3.63) is 22.7 Å². The Morgan fingerprint density at radius 1 is 1.33 bits per heavy atom. The third-order valence-corrected chi connectivity index (χ3v) is 4.05. The molecular formula is C12H14BrN5. The highest BCUT2D eigenvalue weighted by atomic mass is 79.9. The van der Waals surface area contributed by atoms with Gasteiger partial charge in [-0.2, -0.15) is 0 Å². The average Bonchev–Trinajstić information content (AvgIpc) is 2.73. The van der Waals surface area contributed by atoms with E-state index in [0.29, 0.717) is 5.69 Å². The summed E-state index contributed by atoms with van der Waals surface area (Å²) < 4.78 is 2.86. The Labute approximate surface area is 113 Å². The van der Waals surface area contributed by atoms with Gasteiger partial charge in [0.1, 0.15) is 0 Å². The van der Waals surface area contributed by atoms with Gasteiger partial charge in [-0.1, -0.05) is 15.9 Å². The van der Waals surface area contributed by atoms with E-state index in [4.69, 9.17) is 5.73 Å². The molecule has 1 saturated carbocycles. The highest BCUT2D eigenvalue weighted by Crippen LogP contribution is 2.40. The van der Waals surface area contributed by atoms with Gasteiger partial charge in [0.15, 0.2) is 5.82 Å². The fraction of sp³-hybridized carbons (Fsp3) is 0.417. The van der Waals surface area contributed by atoms with E-state index in [9.17, 15) is 0 Å². The Morgan fingerprint density at radius 2 is 2.11 bits per heavy atom. The number of nitrogens with two attached hydrogens (primary N) is 1. The quantitative estimate of drug-likeness (QED) is 0.866. The van der Waals surface area contributed by atoms with E-state index in [0.717, 1.165) is 28.7 Å². The minimum absolute atomic E-state index is 0.0515. The molecule has 0 amide bonds. The SMILES string of the molecule is CC1(n2nnnc2-c2cc(N)cc(Br)c2)CCC1. The summed E-state index contributed by atoms with van der Waals surface area (Å²) >= 11 is 3.45. The Morgan fingerprint density at radius 3 is 2.72 bits per heavy atom. The van der Waals surface area contributed by atoms with E-state index in [1.165, 1.54) is 6.42 Å². The van der Waals surface area contributed by atoms with Gasteiger partial charge in [-0.3, -0.25) is 0 Å². The van der Waals surface area contributed by atoms with Crippen LogP contribution in [-0.4, -0.2) is 20.2 Å². The van der Waals surface area contributed by atoms with Gasteiger partial charge in [0.05, 0.1) is 5.54 Å². The predicted octanol–water partition coefficient (Wildman–Crippen LogP) is 2.58. The Kier molecular flexibility index (Phi) is 2.62. The number of tetrazole rings is 1. The minimum atomic E-state index is 0.0515. The highest BCUT2D eigenvalue weighted by molar-refractivity contribution is 9.10. The monoisotopic (exact) mass is 307 g/mol. The Balaban J connectivity index is 2.09. The summed E-state index contributed by atoms with van der Waals surface area (Å²) in [6.45, 7) is 2.19. The maximum atomic E-state index is 5.86. The third-order valence-electron chi connectivity index (χ3n) is 3.59. The van der Waals surface area contributed by atoms with Crippen molar-refractivity contribution >= 4 is 21.6 Å². The summed E-state index contributed by atoms with van der Waals surface area (Å²) in [7, 11) is 0. The lowest BCUT2D eigenvalue weighted by atomic mass is 9.78. The average molecular weight is 308 g/mol. The van der Waals surface area contributed by atoms with Crippen LogP contribution in [0.5, 0.6) is 0 Å². The van der Waals surface area contributed by atoms with Crippen molar-refractivity contribution in [3.63, 3.8) is 0 Å². The van der Waals surface area contributed by atoms with Gasteiger partial charge in [-0.15, -0.1) is 5.10 Å². The lowest BCUT2D eigenvalue weighted by molar-refractivity contribution is 0.148. The summed E-state index contributed by atoms with van der Waals surface area (Å²) in [5.74, 6) is 0.783. The number of nitrogens with zero attached hydrogens (tertiary/aromatic N) is 4. The molecule has 0 bridgehead atoms. The largest absolute Gasteiger partial charge is 0.399 e. The predicted molar refractivity (Wildman–Crippen MR) is 72.9 cm³/mol. The number of hydrogen-bond acceptors (Lipinski definition) is 4. The van der Waals surface area contributed by atoms with E-state index in [1.807, 2.05) is 22.9 Å². The van der Waals surface area contributed by atoms with Crippen molar-refractivity contribution in [1.29, 1.82) is 0 Å². The van der Waals surface area contributed by atoms with Crippen LogP contribution in [0.15, 0.2) is 22.7 Å². The summed E-state index contributed by atoms with van der Waals surface area (Å²) in [5.41, 5.74) is 7.56. The zero-order chi connectivity index (χ0) is 12.8. The van der Waals surface area contributed by atoms with Crippen molar-refractivity contribution in [3.8, 4) is 11.4 Å². The lowest BCUT2D eigenvalue weighted by Crippen LogP contribution is -2.38. The maximum Gasteiger partial charge on any atom is 0.182 e. The molecule has 18 heavy (non-hydrogen) atoms. The second-order valence-electron chi connectivity index (χ2n) is 5.04. The van der Waals surface area contributed by atoms with Gasteiger partial charge in [0, 0.05) is 15.7 Å². The van der Waals surface area contributed by atoms with Crippen LogP contribution in [-0.2, 0) is 5.54 Å². The van der Waals surface area contributed by atoms with Crippen LogP contribution in [0, 0.1) is 0 Å². The second kappa shape index (κ2) is 4.05. The zero-order valence-electron chi connectivity index (χ0n) is 10.1. The van der Waals surface area contributed by atoms with Crippen LogP contribution in [0.25, 0.3) is 11.4 Å². The van der Waals surface area contributed by atoms with Gasteiger partial charge in [-0.25, -0.2) is 4.68 Å². The van der Waals surface area contributed by atoms with Gasteiger partial charge < -0.3 is 5.73 Å². The van der Waals surface area contributed by atoms with Gasteiger partial charge in [-0.05, 0) is 54.8 Å². The summed E-state index contributed by atoms with van der Waals surface area (Å²) in [4.78, 5) is 0. The van der Waals surface area contributed by atoms with Crippen LogP contribution >= 0.6 is 15.9 Å². The fourth-order valence-corrected chi connectivity index (χ4v) is 2.88. The number of benzene rings is 1. The van der Waals surface area contributed by atoms with Crippen molar-refractivity contribution in [2.75, 3.05) is 5.73 Å². The molecule has 0 radical (unpaired) electrons. The van der Waals surface area contributed by atoms with E-state index in [2.05, 4.69) is 38.4 Å². The summed E-state index contributed by atoms with van der Waals surface area (Å²) in [5, 5.41) is 12.1. The molecule has 2 N–H and O–H groups in total. The summed E-state index contributed by atoms with van der Waals surface area (Å²) in [6.07, 6.45) is 3.47. The van der Waals surface area contributed by atoms with Crippen LogP contribution in [0.1, 0.15) is 26.2 Å². The minimum Gasteiger partial charge on any atom is -0.399 e. The van der Waals surface area contributed by atoms with E-state index < -0.39 is 0 Å². The molecule has 1 aromatic carbocycles. The zero-order valence-corrected chi connectivity index (χ0v) is 11.7. The summed E-state index contributed by atoms with van der Waals surface area (Å²) in [6, 6.07) is 5.75. The second-order valence-corrected chi connectivity index (χ2v) is 5.95. The fourth-order valence-electron chi connectivity index (χ4n) is 2.37. The number of aromatic nitrogens is 4. The molecule has 0 atom stereocenters. The lowest BCUT2D eigenvalue weighted by Gasteiger charge is -2.38. The molecule has 1 aromatic heterocycles. The number of rotatable bonds is 2. The van der Waals surface area contributed by atoms with E-state index >= 15 is 0 Å². The van der Waals surface area contributed by atoms with Gasteiger partial charge >= 0.3 is 0 Å². The molecule has 0 aliphatic heterocycles. The van der Waals surface area contributed by atoms with Crippen LogP contribution in [0.2, 0.25) is 0 Å². The standard InChI is InChI=1S/C12H14BrN5/c1-12(3-2-4-12)18-11(15-16-17-18)8-5-9(13)7-10(14)6-8/h5-7H,2-4,14H2,1H3. The Hall–Kier alpha value is -1.43. The van der Waals surface area contributed by atoms with Gasteiger partial charge in [0.25, 0.3) is 0 Å². The first kappa shape index (κ1) is 11.6. The Bertz CT molecular complexity index is 568. The first-order valence-corrected chi connectivity index (χ1v) is 6.73. The molecule has 3 rings (SSSR count). The molecule has 0 spiro atoms. The topological polar surface area (TPSA) is 69.6 Å². The van der Waals surface area contributed by atoms with Crippen molar-refractivity contribution < 1.29 is 0 Å². The molecule has 6 heteroatoms. The smallest absolute Gasteiger partial charge is 0.182 e. The molecule has 2 aromatic rings. The molecule has 1 heterocycles. The number of hydrogen-bond donors (Lipinski definition) is 1. The van der Waals surface area contributed by atoms with Crippen molar-refractivity contribution in [2.24, 2.45) is 0 Å². The van der Waals surface area contributed by atoms with Crippen LogP contribution in [0.4, 0.5) is 5.69 Å². The number of halogens is 1. The van der Waals surface area contributed by atoms with Gasteiger partial charge in [0.2, 0.25) is 0 Å².